The van der Waals surface area contributed by atoms with Crippen LogP contribution in [0.5, 0.6) is 11.5 Å². The number of carbonyl (C=O) groups excluding carboxylic acids is 3. The smallest absolute Gasteiger partial charge is 0.285 e. The number of ether oxygens (including phenoxy) is 2. The van der Waals surface area contributed by atoms with E-state index in [2.05, 4.69) is 16.0 Å². The Bertz CT molecular complexity index is 1010. The number of hydrazine groups is 1. The molecule has 2 N–H and O–H groups in total. The molecule has 0 fully saturated rings. The average molecular weight is 442 g/mol. The van der Waals surface area contributed by atoms with Crippen LogP contribution in [-0.2, 0) is 20.9 Å². The number of amides is 3. The van der Waals surface area contributed by atoms with Gasteiger partial charge < -0.3 is 9.47 Å². The van der Waals surface area contributed by atoms with Gasteiger partial charge in [-0.1, -0.05) is 24.3 Å². The summed E-state index contributed by atoms with van der Waals surface area (Å²) in [4.78, 5) is 36.5. The molecule has 2 aromatic carbocycles. The predicted molar refractivity (Wildman–Crippen MR) is 113 cm³/mol. The van der Waals surface area contributed by atoms with Crippen LogP contribution >= 0.6 is 0 Å². The Morgan fingerprint density at radius 3 is 2.41 bits per heavy atom. The van der Waals surface area contributed by atoms with E-state index in [1.165, 1.54) is 24.3 Å². The maximum atomic E-state index is 13.1. The van der Waals surface area contributed by atoms with Crippen molar-refractivity contribution in [3.8, 4) is 11.5 Å². The highest BCUT2D eigenvalue weighted by molar-refractivity contribution is 6.39. The minimum atomic E-state index is -0.635. The van der Waals surface area contributed by atoms with Crippen LogP contribution in [0.1, 0.15) is 25.3 Å². The summed E-state index contributed by atoms with van der Waals surface area (Å²) in [6, 6.07) is 12.6. The van der Waals surface area contributed by atoms with Crippen LogP contribution in [0, 0.1) is 5.82 Å². The molecule has 0 aliphatic carbocycles. The van der Waals surface area contributed by atoms with E-state index in [9.17, 15) is 18.8 Å². The molecule has 0 radical (unpaired) electrons. The third kappa shape index (κ3) is 6.27. The van der Waals surface area contributed by atoms with Crippen LogP contribution < -0.4 is 20.3 Å². The second-order valence-electron chi connectivity index (χ2n) is 6.80. The zero-order valence-electron chi connectivity index (χ0n) is 17.5. The van der Waals surface area contributed by atoms with Gasteiger partial charge in [0.05, 0.1) is 13.2 Å². The maximum absolute atomic E-state index is 13.1. The molecule has 0 spiro atoms. The first-order chi connectivity index (χ1) is 15.5. The lowest BCUT2D eigenvalue weighted by Crippen LogP contribution is -2.48. The van der Waals surface area contributed by atoms with Crippen LogP contribution in [0.15, 0.2) is 53.6 Å². The first-order valence-electron chi connectivity index (χ1n) is 10.0. The van der Waals surface area contributed by atoms with Crippen molar-refractivity contribution in [2.45, 2.75) is 26.3 Å². The summed E-state index contributed by atoms with van der Waals surface area (Å²) in [5, 5.41) is 5.23. The molecule has 0 saturated carbocycles. The molecule has 0 saturated heterocycles. The predicted octanol–water partition coefficient (Wildman–Crippen LogP) is 1.93. The van der Waals surface area contributed by atoms with Crippen LogP contribution in [0.3, 0.4) is 0 Å². The van der Waals surface area contributed by atoms with Crippen molar-refractivity contribution in [2.75, 3.05) is 13.2 Å². The second kappa shape index (κ2) is 10.9. The molecule has 0 atom stereocenters. The third-order valence-electron chi connectivity index (χ3n) is 4.44. The molecule has 0 bridgehead atoms. The van der Waals surface area contributed by atoms with E-state index >= 15 is 0 Å². The van der Waals surface area contributed by atoms with Gasteiger partial charge in [0.25, 0.3) is 11.8 Å². The van der Waals surface area contributed by atoms with Crippen LogP contribution in [0.4, 0.5) is 4.39 Å². The largest absolute Gasteiger partial charge is 0.490 e. The number of carbonyl (C=O) groups is 3. The summed E-state index contributed by atoms with van der Waals surface area (Å²) < 4.78 is 23.9. The van der Waals surface area contributed by atoms with E-state index < -0.39 is 11.8 Å². The number of nitrogens with one attached hydrogen (secondary N) is 2. The highest BCUT2D eigenvalue weighted by Gasteiger charge is 2.25. The summed E-state index contributed by atoms with van der Waals surface area (Å²) in [6.45, 7) is 2.05. The van der Waals surface area contributed by atoms with E-state index in [1.54, 1.807) is 24.3 Å². The number of hydrogen-bond donors (Lipinski definition) is 2. The molecule has 3 rings (SSSR count). The lowest BCUT2D eigenvalue weighted by molar-refractivity contribution is -0.132. The quantitative estimate of drug-likeness (QED) is 0.607. The average Bonchev–Trinajstić information content (AvgIpc) is 2.80. The van der Waals surface area contributed by atoms with Crippen molar-refractivity contribution in [3.05, 3.63) is 59.9 Å². The molecule has 9 nitrogen and oxygen atoms in total. The summed E-state index contributed by atoms with van der Waals surface area (Å²) >= 11 is 0. The zero-order valence-corrected chi connectivity index (χ0v) is 17.5. The molecular weight excluding hydrogens is 419 g/mol. The van der Waals surface area contributed by atoms with Gasteiger partial charge in [0.15, 0.2) is 18.1 Å². The second-order valence-corrected chi connectivity index (χ2v) is 6.80. The Kier molecular flexibility index (Phi) is 7.74. The fourth-order valence-corrected chi connectivity index (χ4v) is 2.87. The van der Waals surface area contributed by atoms with E-state index in [0.717, 1.165) is 5.01 Å². The number of hydrogen-bond acceptors (Lipinski definition) is 6. The molecule has 1 aliphatic heterocycles. The van der Waals surface area contributed by atoms with E-state index in [1.807, 2.05) is 6.92 Å². The van der Waals surface area contributed by atoms with Gasteiger partial charge in [0, 0.05) is 12.8 Å². The molecule has 0 aromatic heterocycles. The Balaban J connectivity index is 1.51. The van der Waals surface area contributed by atoms with E-state index in [4.69, 9.17) is 9.47 Å². The summed E-state index contributed by atoms with van der Waals surface area (Å²) in [7, 11) is 0. The molecular formula is C22H23FN4O5. The monoisotopic (exact) mass is 442 g/mol. The summed E-state index contributed by atoms with van der Waals surface area (Å²) in [5.41, 5.74) is 5.28. The molecule has 168 valence electrons. The molecule has 1 aliphatic rings. The highest BCUT2D eigenvalue weighted by Crippen LogP contribution is 2.26. The molecule has 32 heavy (non-hydrogen) atoms. The number of rotatable bonds is 8. The Hall–Kier alpha value is -3.95. The van der Waals surface area contributed by atoms with Crippen molar-refractivity contribution < 1.29 is 28.2 Å². The minimum absolute atomic E-state index is 0.0922. The van der Waals surface area contributed by atoms with Crippen molar-refractivity contribution >= 4 is 23.4 Å². The van der Waals surface area contributed by atoms with Gasteiger partial charge in [0.1, 0.15) is 11.5 Å². The molecule has 3 amide bonds. The van der Waals surface area contributed by atoms with Gasteiger partial charge >= 0.3 is 0 Å². The van der Waals surface area contributed by atoms with Gasteiger partial charge in [-0.25, -0.2) is 9.40 Å². The highest BCUT2D eigenvalue weighted by atomic mass is 19.1. The first kappa shape index (κ1) is 22.7. The summed E-state index contributed by atoms with van der Waals surface area (Å²) in [6.07, 6.45) is 0.234. The first-order valence-corrected chi connectivity index (χ1v) is 10.0. The Morgan fingerprint density at radius 1 is 1.03 bits per heavy atom. The lowest BCUT2D eigenvalue weighted by atomic mass is 10.1. The number of nitrogens with zero attached hydrogens (tertiary/aromatic N) is 2. The molecule has 0 unspecified atom stereocenters. The summed E-state index contributed by atoms with van der Waals surface area (Å²) in [5.74, 6) is -0.943. The number of benzene rings is 2. The van der Waals surface area contributed by atoms with Crippen molar-refractivity contribution in [1.29, 1.82) is 0 Å². The topological polar surface area (TPSA) is 109 Å². The van der Waals surface area contributed by atoms with Crippen molar-refractivity contribution in [3.63, 3.8) is 0 Å². The number of hydrazone groups is 1. The van der Waals surface area contributed by atoms with Gasteiger partial charge in [0.2, 0.25) is 5.91 Å². The maximum Gasteiger partial charge on any atom is 0.285 e. The Morgan fingerprint density at radius 2 is 1.72 bits per heavy atom. The van der Waals surface area contributed by atoms with Crippen LogP contribution in [0.25, 0.3) is 0 Å². The normalized spacial score (nSPS) is 13.2. The van der Waals surface area contributed by atoms with Crippen molar-refractivity contribution in [1.82, 2.24) is 15.9 Å². The zero-order chi connectivity index (χ0) is 22.9. The van der Waals surface area contributed by atoms with Gasteiger partial charge in [-0.3, -0.25) is 25.2 Å². The fourth-order valence-electron chi connectivity index (χ4n) is 2.87. The third-order valence-corrected chi connectivity index (χ3v) is 4.44. The minimum Gasteiger partial charge on any atom is -0.490 e. The lowest BCUT2D eigenvalue weighted by Gasteiger charge is -2.23. The molecule has 1 heterocycles. The molecule has 10 heteroatoms. The van der Waals surface area contributed by atoms with Gasteiger partial charge in [-0.05, 0) is 36.8 Å². The van der Waals surface area contributed by atoms with Crippen LogP contribution in [0.2, 0.25) is 0 Å². The molecule has 2 aromatic rings. The number of halogens is 1. The van der Waals surface area contributed by atoms with Gasteiger partial charge in [-0.2, -0.15) is 5.10 Å². The van der Waals surface area contributed by atoms with Crippen molar-refractivity contribution in [2.24, 2.45) is 5.10 Å². The van der Waals surface area contributed by atoms with Crippen LogP contribution in [-0.4, -0.2) is 41.7 Å². The standard InChI is InChI=1S/C22H23FN4O5/c1-2-31-18-5-3-4-6-19(18)32-14-20(28)24-25-22(30)17-11-12-21(29)27(26-17)13-15-7-9-16(23)10-8-15/h3-10H,2,11-14H2,1H3,(H,24,28)(H,25,30). The van der Waals surface area contributed by atoms with Gasteiger partial charge in [-0.15, -0.1) is 0 Å². The number of para-hydroxylation sites is 2. The van der Waals surface area contributed by atoms with E-state index in [-0.39, 0.29) is 43.4 Å². The Labute approximate surface area is 184 Å². The SMILES string of the molecule is CCOc1ccccc1OCC(=O)NNC(=O)C1=NN(Cc2ccc(F)cc2)C(=O)CC1. The fraction of sp³-hybridized carbons (Fsp3) is 0.273. The van der Waals surface area contributed by atoms with E-state index in [0.29, 0.717) is 23.7 Å².